The molecular weight excluding hydrogens is 344 g/mol. The zero-order valence-electron chi connectivity index (χ0n) is 13.6. The molecule has 4 nitrogen and oxygen atoms in total. The zero-order valence-corrected chi connectivity index (χ0v) is 15.1. The minimum absolute atomic E-state index is 0.0535. The molecule has 1 aliphatic rings. The van der Waals surface area contributed by atoms with E-state index in [0.717, 1.165) is 29.0 Å². The molecule has 2 N–H and O–H groups in total. The Morgan fingerprint density at radius 2 is 1.92 bits per heavy atom. The molecule has 2 amide bonds. The van der Waals surface area contributed by atoms with Crippen molar-refractivity contribution >= 4 is 39.8 Å². The van der Waals surface area contributed by atoms with Gasteiger partial charge in [-0.15, -0.1) is 11.3 Å². The molecule has 2 aromatic rings. The monoisotopic (exact) mass is 362 g/mol. The Bertz CT molecular complexity index is 766. The predicted octanol–water partition coefficient (Wildman–Crippen LogP) is 4.55. The highest BCUT2D eigenvalue weighted by Crippen LogP contribution is 2.33. The highest BCUT2D eigenvalue weighted by molar-refractivity contribution is 7.18. The predicted molar refractivity (Wildman–Crippen MR) is 97.7 cm³/mol. The number of rotatable bonds is 5. The van der Waals surface area contributed by atoms with E-state index in [4.69, 9.17) is 11.6 Å². The molecule has 0 aliphatic heterocycles. The highest BCUT2D eigenvalue weighted by atomic mass is 35.5. The number of carbonyl (C=O) groups is 2. The molecular formula is C18H19ClN2O2S. The summed E-state index contributed by atoms with van der Waals surface area (Å²) in [6.07, 6.45) is 1.92. The van der Waals surface area contributed by atoms with Gasteiger partial charge in [-0.2, -0.15) is 0 Å². The van der Waals surface area contributed by atoms with Gasteiger partial charge >= 0.3 is 0 Å². The number of thiophene rings is 1. The summed E-state index contributed by atoms with van der Waals surface area (Å²) in [5, 5.41) is 7.29. The van der Waals surface area contributed by atoms with E-state index < -0.39 is 0 Å². The molecule has 1 aromatic heterocycles. The molecule has 6 heteroatoms. The van der Waals surface area contributed by atoms with Crippen LogP contribution in [0.2, 0.25) is 5.02 Å². The summed E-state index contributed by atoms with van der Waals surface area (Å²) in [5.74, 6) is 0.0687. The van der Waals surface area contributed by atoms with Crippen LogP contribution < -0.4 is 10.6 Å². The van der Waals surface area contributed by atoms with Gasteiger partial charge < -0.3 is 10.6 Å². The Hall–Kier alpha value is -1.85. The molecule has 1 atom stereocenters. The van der Waals surface area contributed by atoms with Gasteiger partial charge in [0, 0.05) is 10.9 Å². The number of halogens is 1. The quantitative estimate of drug-likeness (QED) is 0.819. The van der Waals surface area contributed by atoms with Crippen molar-refractivity contribution in [3.63, 3.8) is 0 Å². The van der Waals surface area contributed by atoms with Gasteiger partial charge in [0.2, 0.25) is 5.91 Å². The minimum Gasteiger partial charge on any atom is -0.345 e. The third-order valence-corrected chi connectivity index (χ3v) is 5.44. The van der Waals surface area contributed by atoms with Crippen molar-refractivity contribution in [3.05, 3.63) is 51.4 Å². The lowest BCUT2D eigenvalue weighted by atomic mass is 10.1. The van der Waals surface area contributed by atoms with Crippen LogP contribution >= 0.6 is 22.9 Å². The molecule has 0 radical (unpaired) electrons. The number of hydrogen-bond donors (Lipinski definition) is 2. The summed E-state index contributed by atoms with van der Waals surface area (Å²) in [6.45, 7) is 3.81. The lowest BCUT2D eigenvalue weighted by molar-refractivity contribution is -0.117. The molecule has 0 spiro atoms. The Kier molecular flexibility index (Phi) is 4.92. The first-order valence-corrected chi connectivity index (χ1v) is 9.11. The van der Waals surface area contributed by atoms with E-state index >= 15 is 0 Å². The third kappa shape index (κ3) is 3.97. The van der Waals surface area contributed by atoms with E-state index in [2.05, 4.69) is 10.6 Å². The first-order chi connectivity index (χ1) is 11.4. The van der Waals surface area contributed by atoms with Gasteiger partial charge in [0.1, 0.15) is 0 Å². The maximum Gasteiger partial charge on any atom is 0.262 e. The number of aryl methyl sites for hydroxylation is 1. The zero-order chi connectivity index (χ0) is 17.3. The summed E-state index contributed by atoms with van der Waals surface area (Å²) in [5.41, 5.74) is 1.86. The van der Waals surface area contributed by atoms with Crippen molar-refractivity contribution < 1.29 is 9.59 Å². The summed E-state index contributed by atoms with van der Waals surface area (Å²) in [4.78, 5) is 25.0. The van der Waals surface area contributed by atoms with Gasteiger partial charge in [-0.3, -0.25) is 9.59 Å². The van der Waals surface area contributed by atoms with Gasteiger partial charge in [0.05, 0.1) is 15.9 Å². The van der Waals surface area contributed by atoms with E-state index in [1.54, 1.807) is 12.1 Å². The van der Waals surface area contributed by atoms with Crippen LogP contribution in [0.15, 0.2) is 30.3 Å². The van der Waals surface area contributed by atoms with Gasteiger partial charge in [-0.1, -0.05) is 23.7 Å². The molecule has 24 heavy (non-hydrogen) atoms. The van der Waals surface area contributed by atoms with E-state index in [9.17, 15) is 9.59 Å². The SMILES string of the molecule is Cc1cc(NC(=O)C2CC2)sc1C(=O)NC(C)c1ccc(Cl)cc1. The second-order valence-electron chi connectivity index (χ2n) is 6.13. The Morgan fingerprint density at radius 1 is 1.25 bits per heavy atom. The van der Waals surface area contributed by atoms with Crippen molar-refractivity contribution in [2.75, 3.05) is 5.32 Å². The average molecular weight is 363 g/mol. The number of hydrogen-bond acceptors (Lipinski definition) is 3. The van der Waals surface area contributed by atoms with Crippen LogP contribution in [-0.2, 0) is 4.79 Å². The van der Waals surface area contributed by atoms with Crippen molar-refractivity contribution in [2.45, 2.75) is 32.7 Å². The molecule has 1 fully saturated rings. The minimum atomic E-state index is -0.133. The van der Waals surface area contributed by atoms with Gasteiger partial charge in [0.15, 0.2) is 0 Å². The molecule has 1 heterocycles. The van der Waals surface area contributed by atoms with E-state index in [-0.39, 0.29) is 23.8 Å². The first kappa shape index (κ1) is 17.0. The van der Waals surface area contributed by atoms with Crippen LogP contribution in [0.4, 0.5) is 5.00 Å². The Labute approximate surface area is 150 Å². The van der Waals surface area contributed by atoms with E-state index in [0.29, 0.717) is 9.90 Å². The molecule has 1 aliphatic carbocycles. The van der Waals surface area contributed by atoms with Crippen LogP contribution in [0.25, 0.3) is 0 Å². The summed E-state index contributed by atoms with van der Waals surface area (Å²) >= 11 is 7.21. The standard InChI is InChI=1S/C18H19ClN2O2S/c1-10-9-15(21-17(22)13-3-4-13)24-16(10)18(23)20-11(2)12-5-7-14(19)8-6-12/h5-9,11,13H,3-4H2,1-2H3,(H,20,23)(H,21,22). The third-order valence-electron chi connectivity index (χ3n) is 4.04. The van der Waals surface area contributed by atoms with Gasteiger partial charge in [-0.05, 0) is 56.0 Å². The number of nitrogens with one attached hydrogen (secondary N) is 2. The Balaban J connectivity index is 1.66. The summed E-state index contributed by atoms with van der Waals surface area (Å²) < 4.78 is 0. The van der Waals surface area contributed by atoms with E-state index in [1.807, 2.05) is 32.0 Å². The van der Waals surface area contributed by atoms with Crippen molar-refractivity contribution in [2.24, 2.45) is 5.92 Å². The summed E-state index contributed by atoms with van der Waals surface area (Å²) in [7, 11) is 0. The molecule has 126 valence electrons. The van der Waals surface area contributed by atoms with Crippen LogP contribution in [0.3, 0.4) is 0 Å². The normalized spacial score (nSPS) is 15.0. The smallest absolute Gasteiger partial charge is 0.262 e. The lowest BCUT2D eigenvalue weighted by Crippen LogP contribution is -2.26. The number of benzene rings is 1. The number of carbonyl (C=O) groups excluding carboxylic acids is 2. The fourth-order valence-electron chi connectivity index (χ4n) is 2.44. The first-order valence-electron chi connectivity index (χ1n) is 7.91. The van der Waals surface area contributed by atoms with Crippen LogP contribution in [0, 0.1) is 12.8 Å². The average Bonchev–Trinajstić information content (AvgIpc) is 3.32. The van der Waals surface area contributed by atoms with Gasteiger partial charge in [0.25, 0.3) is 5.91 Å². The highest BCUT2D eigenvalue weighted by Gasteiger charge is 2.30. The molecule has 1 saturated carbocycles. The summed E-state index contributed by atoms with van der Waals surface area (Å²) in [6, 6.07) is 9.14. The fourth-order valence-corrected chi connectivity index (χ4v) is 3.54. The molecule has 1 unspecified atom stereocenters. The van der Waals surface area contributed by atoms with Crippen LogP contribution in [0.1, 0.15) is 46.6 Å². The molecule has 0 saturated heterocycles. The molecule has 0 bridgehead atoms. The van der Waals surface area contributed by atoms with Crippen LogP contribution in [0.5, 0.6) is 0 Å². The van der Waals surface area contributed by atoms with Gasteiger partial charge in [-0.25, -0.2) is 0 Å². The topological polar surface area (TPSA) is 58.2 Å². The Morgan fingerprint density at radius 3 is 2.54 bits per heavy atom. The maximum absolute atomic E-state index is 12.5. The van der Waals surface area contributed by atoms with Crippen molar-refractivity contribution in [3.8, 4) is 0 Å². The molecule has 1 aromatic carbocycles. The lowest BCUT2D eigenvalue weighted by Gasteiger charge is -2.14. The second kappa shape index (κ2) is 6.95. The number of amides is 2. The molecule has 3 rings (SSSR count). The van der Waals surface area contributed by atoms with E-state index in [1.165, 1.54) is 11.3 Å². The van der Waals surface area contributed by atoms with Crippen molar-refractivity contribution in [1.29, 1.82) is 0 Å². The maximum atomic E-state index is 12.5. The fraction of sp³-hybridized carbons (Fsp3) is 0.333. The van der Waals surface area contributed by atoms with Crippen LogP contribution in [-0.4, -0.2) is 11.8 Å². The largest absolute Gasteiger partial charge is 0.345 e. The van der Waals surface area contributed by atoms with Crippen molar-refractivity contribution in [1.82, 2.24) is 5.32 Å². The second-order valence-corrected chi connectivity index (χ2v) is 7.62. The number of anilines is 1.